The topological polar surface area (TPSA) is 75.0 Å². The Labute approximate surface area is 144 Å². The Bertz CT molecular complexity index is 906. The number of carbonyl (C=O) groups is 1. The lowest BCUT2D eigenvalue weighted by molar-refractivity contribution is 0.202. The minimum atomic E-state index is -0.391. The number of carbonyl (C=O) groups excluding carboxylic acids is 1. The zero-order valence-electron chi connectivity index (χ0n) is 13.0. The lowest BCUT2D eigenvalue weighted by atomic mass is 10.0. The number of halogens is 1. The van der Waals surface area contributed by atoms with Gasteiger partial charge in [0.1, 0.15) is 0 Å². The number of primary amides is 1. The van der Waals surface area contributed by atoms with Crippen LogP contribution in [0.4, 0.5) is 4.79 Å². The number of urea groups is 1. The minimum Gasteiger partial charge on any atom is -0.351 e. The molecule has 6 heteroatoms. The quantitative estimate of drug-likeness (QED) is 0.737. The molecule has 1 unspecified atom stereocenters. The molecule has 1 saturated heterocycles. The first-order chi connectivity index (χ1) is 11.6. The van der Waals surface area contributed by atoms with E-state index in [0.29, 0.717) is 11.6 Å². The summed E-state index contributed by atoms with van der Waals surface area (Å²) in [4.78, 5) is 13.4. The second-order valence-electron chi connectivity index (χ2n) is 6.04. The summed E-state index contributed by atoms with van der Waals surface area (Å²) in [5, 5.41) is 9.09. The van der Waals surface area contributed by atoms with Crippen molar-refractivity contribution < 1.29 is 4.79 Å². The van der Waals surface area contributed by atoms with E-state index in [0.717, 1.165) is 40.6 Å². The molecule has 2 heterocycles. The summed E-state index contributed by atoms with van der Waals surface area (Å²) in [6.07, 6.45) is 1.82. The highest BCUT2D eigenvalue weighted by atomic mass is 35.5. The maximum absolute atomic E-state index is 11.7. The third-order valence-electron chi connectivity index (χ3n) is 4.63. The van der Waals surface area contributed by atoms with Crippen molar-refractivity contribution in [2.75, 3.05) is 6.54 Å². The number of H-pyrrole nitrogens is 1. The SMILES string of the molecule is NC(=O)N1CCCC1c1[nH]nc2cc(Cl)c(-c3ccccc3)cc12. The molecule has 4 rings (SSSR count). The summed E-state index contributed by atoms with van der Waals surface area (Å²) in [7, 11) is 0. The number of nitrogens with one attached hydrogen (secondary N) is 1. The number of benzene rings is 2. The van der Waals surface area contributed by atoms with E-state index in [2.05, 4.69) is 10.2 Å². The minimum absolute atomic E-state index is 0.0581. The third-order valence-corrected chi connectivity index (χ3v) is 4.94. The van der Waals surface area contributed by atoms with Gasteiger partial charge in [-0.15, -0.1) is 0 Å². The second kappa shape index (κ2) is 5.83. The van der Waals surface area contributed by atoms with Crippen LogP contribution in [-0.2, 0) is 0 Å². The normalized spacial score (nSPS) is 17.5. The average molecular weight is 341 g/mol. The molecular weight excluding hydrogens is 324 g/mol. The van der Waals surface area contributed by atoms with Crippen LogP contribution in [0.15, 0.2) is 42.5 Å². The molecule has 2 amide bonds. The highest BCUT2D eigenvalue weighted by Gasteiger charge is 2.31. The molecule has 1 aliphatic rings. The van der Waals surface area contributed by atoms with Gasteiger partial charge < -0.3 is 10.6 Å². The standard InChI is InChI=1S/C18H17ClN4O/c19-14-10-15-13(9-12(14)11-5-2-1-3-6-11)17(22-21-15)16-7-4-8-23(16)18(20)24/h1-3,5-6,9-10,16H,4,7-8H2,(H2,20,24)(H,21,22). The van der Waals surface area contributed by atoms with E-state index in [-0.39, 0.29) is 6.04 Å². The highest BCUT2D eigenvalue weighted by Crippen LogP contribution is 2.38. The van der Waals surface area contributed by atoms with Crippen molar-refractivity contribution in [3.63, 3.8) is 0 Å². The maximum atomic E-state index is 11.7. The first-order valence-electron chi connectivity index (χ1n) is 7.94. The van der Waals surface area contributed by atoms with Gasteiger partial charge in [0, 0.05) is 17.5 Å². The maximum Gasteiger partial charge on any atom is 0.315 e. The summed E-state index contributed by atoms with van der Waals surface area (Å²) in [6, 6.07) is 13.5. The van der Waals surface area contributed by atoms with E-state index in [4.69, 9.17) is 17.3 Å². The number of nitrogens with zero attached hydrogens (tertiary/aromatic N) is 2. The van der Waals surface area contributed by atoms with Gasteiger partial charge in [0.25, 0.3) is 0 Å². The fraction of sp³-hybridized carbons (Fsp3) is 0.222. The molecule has 2 aromatic carbocycles. The van der Waals surface area contributed by atoms with E-state index >= 15 is 0 Å². The Kier molecular flexibility index (Phi) is 3.65. The van der Waals surface area contributed by atoms with Crippen molar-refractivity contribution >= 4 is 28.5 Å². The Balaban J connectivity index is 1.85. The predicted molar refractivity (Wildman–Crippen MR) is 94.8 cm³/mol. The van der Waals surface area contributed by atoms with Gasteiger partial charge in [-0.25, -0.2) is 4.79 Å². The summed E-state index contributed by atoms with van der Waals surface area (Å²) in [6.45, 7) is 0.680. The number of nitrogens with two attached hydrogens (primary N) is 1. The molecule has 1 aromatic heterocycles. The van der Waals surface area contributed by atoms with Crippen LogP contribution in [0.5, 0.6) is 0 Å². The number of likely N-dealkylation sites (tertiary alicyclic amines) is 1. The van der Waals surface area contributed by atoms with Gasteiger partial charge in [0.15, 0.2) is 0 Å². The Morgan fingerprint density at radius 1 is 1.29 bits per heavy atom. The molecule has 1 atom stereocenters. The van der Waals surface area contributed by atoms with Gasteiger partial charge in [0.2, 0.25) is 0 Å². The fourth-order valence-electron chi connectivity index (χ4n) is 3.48. The van der Waals surface area contributed by atoms with Crippen LogP contribution in [-0.4, -0.2) is 27.7 Å². The lowest BCUT2D eigenvalue weighted by Gasteiger charge is -2.21. The zero-order chi connectivity index (χ0) is 16.7. The Morgan fingerprint density at radius 2 is 2.08 bits per heavy atom. The molecule has 0 aliphatic carbocycles. The van der Waals surface area contributed by atoms with E-state index in [9.17, 15) is 4.79 Å². The second-order valence-corrected chi connectivity index (χ2v) is 6.45. The van der Waals surface area contributed by atoms with Crippen molar-refractivity contribution in [2.45, 2.75) is 18.9 Å². The molecule has 5 nitrogen and oxygen atoms in total. The number of aromatic nitrogens is 2. The van der Waals surface area contributed by atoms with Crippen LogP contribution in [0.25, 0.3) is 22.0 Å². The molecule has 0 radical (unpaired) electrons. The number of hydrogen-bond acceptors (Lipinski definition) is 2. The lowest BCUT2D eigenvalue weighted by Crippen LogP contribution is -2.35. The summed E-state index contributed by atoms with van der Waals surface area (Å²) < 4.78 is 0. The van der Waals surface area contributed by atoms with Crippen LogP contribution in [0.3, 0.4) is 0 Å². The molecule has 122 valence electrons. The van der Waals surface area contributed by atoms with E-state index < -0.39 is 6.03 Å². The molecule has 1 fully saturated rings. The van der Waals surface area contributed by atoms with E-state index in [1.54, 1.807) is 4.90 Å². The van der Waals surface area contributed by atoms with Crippen molar-refractivity contribution in [3.8, 4) is 11.1 Å². The van der Waals surface area contributed by atoms with Gasteiger partial charge in [-0.05, 0) is 30.5 Å². The number of aromatic amines is 1. The molecule has 3 aromatic rings. The number of fused-ring (bicyclic) bond motifs is 1. The summed E-state index contributed by atoms with van der Waals surface area (Å²) >= 11 is 6.45. The number of amides is 2. The average Bonchev–Trinajstić information content (AvgIpc) is 3.20. The smallest absolute Gasteiger partial charge is 0.315 e. The van der Waals surface area contributed by atoms with Gasteiger partial charge in [-0.2, -0.15) is 5.10 Å². The third kappa shape index (κ3) is 2.41. The highest BCUT2D eigenvalue weighted by molar-refractivity contribution is 6.34. The van der Waals surface area contributed by atoms with Crippen molar-refractivity contribution in [3.05, 3.63) is 53.2 Å². The summed E-state index contributed by atoms with van der Waals surface area (Å²) in [5.74, 6) is 0. The van der Waals surface area contributed by atoms with E-state index in [1.165, 1.54) is 0 Å². The molecule has 3 N–H and O–H groups in total. The van der Waals surface area contributed by atoms with Crippen LogP contribution < -0.4 is 5.73 Å². The van der Waals surface area contributed by atoms with Gasteiger partial charge in [-0.3, -0.25) is 5.10 Å². The van der Waals surface area contributed by atoms with Gasteiger partial charge in [0.05, 0.1) is 22.3 Å². The largest absolute Gasteiger partial charge is 0.351 e. The molecule has 24 heavy (non-hydrogen) atoms. The van der Waals surface area contributed by atoms with Crippen LogP contribution in [0.2, 0.25) is 5.02 Å². The molecule has 1 aliphatic heterocycles. The molecule has 0 spiro atoms. The van der Waals surface area contributed by atoms with Crippen molar-refractivity contribution in [2.24, 2.45) is 5.73 Å². The monoisotopic (exact) mass is 340 g/mol. The van der Waals surface area contributed by atoms with Crippen LogP contribution in [0.1, 0.15) is 24.6 Å². The van der Waals surface area contributed by atoms with E-state index in [1.807, 2.05) is 42.5 Å². The molecular formula is C18H17ClN4O. The van der Waals surface area contributed by atoms with Gasteiger partial charge >= 0.3 is 6.03 Å². The number of hydrogen-bond donors (Lipinski definition) is 2. The Morgan fingerprint density at radius 3 is 2.83 bits per heavy atom. The van der Waals surface area contributed by atoms with Crippen molar-refractivity contribution in [1.82, 2.24) is 15.1 Å². The van der Waals surface area contributed by atoms with Crippen LogP contribution in [0, 0.1) is 0 Å². The molecule has 0 bridgehead atoms. The van der Waals surface area contributed by atoms with Crippen molar-refractivity contribution in [1.29, 1.82) is 0 Å². The first-order valence-corrected chi connectivity index (χ1v) is 8.32. The number of rotatable bonds is 2. The zero-order valence-corrected chi connectivity index (χ0v) is 13.8. The van der Waals surface area contributed by atoms with Crippen LogP contribution >= 0.6 is 11.6 Å². The first kappa shape index (κ1) is 15.0. The molecule has 0 saturated carbocycles. The summed E-state index contributed by atoms with van der Waals surface area (Å²) in [5.41, 5.74) is 9.24. The Hall–Kier alpha value is -2.53. The fourth-order valence-corrected chi connectivity index (χ4v) is 3.74. The van der Waals surface area contributed by atoms with Gasteiger partial charge in [-0.1, -0.05) is 41.9 Å². The predicted octanol–water partition coefficient (Wildman–Crippen LogP) is 4.10.